The van der Waals surface area contributed by atoms with Gasteiger partial charge in [0.1, 0.15) is 36.3 Å². The molecule has 2 saturated heterocycles. The topological polar surface area (TPSA) is 93.8 Å². The van der Waals surface area contributed by atoms with Gasteiger partial charge < -0.3 is 20.1 Å². The van der Waals surface area contributed by atoms with Crippen molar-refractivity contribution in [3.63, 3.8) is 0 Å². The predicted octanol–water partition coefficient (Wildman–Crippen LogP) is 3.57. The highest BCUT2D eigenvalue weighted by Crippen LogP contribution is 2.50. The number of nitrogens with two attached hydrogens (primary N) is 1. The van der Waals surface area contributed by atoms with Crippen molar-refractivity contribution in [2.24, 2.45) is 5.41 Å². The van der Waals surface area contributed by atoms with Crippen molar-refractivity contribution in [3.05, 3.63) is 67.0 Å². The Balaban J connectivity index is 1.02. The van der Waals surface area contributed by atoms with Crippen molar-refractivity contribution in [2.75, 3.05) is 38.5 Å². The molecule has 2 aromatic rings. The number of aromatic nitrogens is 2. The molecule has 3 fully saturated rings. The second-order valence-electron chi connectivity index (χ2n) is 10.7. The Labute approximate surface area is 221 Å². The minimum Gasteiger partial charge on any atom is -0.486 e. The maximum atomic E-state index is 12.9. The average Bonchev–Trinajstić information content (AvgIpc) is 2.85. The Morgan fingerprint density at radius 1 is 1.13 bits per heavy atom. The van der Waals surface area contributed by atoms with Crippen LogP contribution in [0.15, 0.2) is 67.0 Å². The van der Waals surface area contributed by atoms with Gasteiger partial charge in [-0.05, 0) is 36.6 Å². The molecule has 1 aromatic carbocycles. The Hall–Kier alpha value is -3.72. The predicted molar refractivity (Wildman–Crippen MR) is 142 cm³/mol. The summed E-state index contributed by atoms with van der Waals surface area (Å²) in [6, 6.07) is 7.74. The van der Waals surface area contributed by atoms with Crippen LogP contribution in [0.25, 0.3) is 11.1 Å². The largest absolute Gasteiger partial charge is 0.486 e. The highest BCUT2D eigenvalue weighted by atomic mass is 19.1. The van der Waals surface area contributed by atoms with E-state index in [1.54, 1.807) is 6.08 Å². The molecule has 0 radical (unpaired) electrons. The first kappa shape index (κ1) is 24.6. The quantitative estimate of drug-likeness (QED) is 0.535. The Morgan fingerprint density at radius 2 is 1.92 bits per heavy atom. The van der Waals surface area contributed by atoms with E-state index in [2.05, 4.69) is 16.0 Å². The van der Waals surface area contributed by atoms with E-state index in [4.69, 9.17) is 15.2 Å². The van der Waals surface area contributed by atoms with Gasteiger partial charge in [-0.15, -0.1) is 0 Å². The second kappa shape index (κ2) is 10.2. The van der Waals surface area contributed by atoms with E-state index in [-0.39, 0.29) is 23.5 Å². The summed E-state index contributed by atoms with van der Waals surface area (Å²) >= 11 is 0. The molecule has 38 heavy (non-hydrogen) atoms. The first-order chi connectivity index (χ1) is 18.5. The van der Waals surface area contributed by atoms with Gasteiger partial charge in [-0.2, -0.15) is 0 Å². The van der Waals surface area contributed by atoms with E-state index in [9.17, 15) is 9.18 Å². The molecule has 6 rings (SSSR count). The molecule has 1 aromatic heterocycles. The maximum Gasteiger partial charge on any atom is 0.246 e. The van der Waals surface area contributed by atoms with Crippen LogP contribution in [-0.2, 0) is 4.79 Å². The summed E-state index contributed by atoms with van der Waals surface area (Å²) in [6.45, 7) is 3.01. The maximum absolute atomic E-state index is 12.9. The first-order valence-electron chi connectivity index (χ1n) is 13.2. The molecule has 0 bridgehead atoms. The van der Waals surface area contributed by atoms with Crippen LogP contribution in [0, 0.1) is 5.41 Å². The molecule has 1 amide bonds. The number of hydrogen-bond acceptors (Lipinski definition) is 7. The van der Waals surface area contributed by atoms with Crippen LogP contribution in [0.2, 0.25) is 0 Å². The van der Waals surface area contributed by atoms with Crippen molar-refractivity contribution >= 4 is 11.7 Å². The van der Waals surface area contributed by atoms with E-state index in [1.165, 1.54) is 6.33 Å². The Bertz CT molecular complexity index is 1260. The molecule has 2 N–H and O–H groups in total. The van der Waals surface area contributed by atoms with E-state index in [0.29, 0.717) is 36.9 Å². The average molecular weight is 518 g/mol. The Morgan fingerprint density at radius 3 is 2.63 bits per heavy atom. The molecular weight excluding hydrogens is 485 g/mol. The van der Waals surface area contributed by atoms with Crippen LogP contribution in [0.3, 0.4) is 0 Å². The number of nitrogens with zero attached hydrogens (tertiary/aromatic N) is 4. The van der Waals surface area contributed by atoms with Gasteiger partial charge in [0.05, 0.1) is 5.56 Å². The number of benzene rings is 1. The van der Waals surface area contributed by atoms with Crippen LogP contribution in [0.5, 0.6) is 11.6 Å². The zero-order chi connectivity index (χ0) is 26.1. The van der Waals surface area contributed by atoms with Gasteiger partial charge in [0.25, 0.3) is 0 Å². The smallest absolute Gasteiger partial charge is 0.246 e. The van der Waals surface area contributed by atoms with Crippen LogP contribution in [0.1, 0.15) is 19.3 Å². The standard InChI is InChI=1S/C29H32FN5O3/c30-21-15-34(16-21)12-4-7-25(36)35-17-29(18-35)13-24(14-29)38-28-26(27(31)32-19-33-28)20-8-10-23(11-9-20)37-22-5-2-1-3-6-22/h1-5,7-11,19,21-22,24H,6,12-18H2,(H2,31,32,33)/b7-4+. The summed E-state index contributed by atoms with van der Waals surface area (Å²) in [6.07, 6.45) is 14.9. The highest BCUT2D eigenvalue weighted by molar-refractivity contribution is 5.88. The van der Waals surface area contributed by atoms with E-state index in [1.807, 2.05) is 58.4 Å². The molecule has 1 atom stereocenters. The number of rotatable bonds is 8. The summed E-state index contributed by atoms with van der Waals surface area (Å²) in [5.41, 5.74) is 7.91. The van der Waals surface area contributed by atoms with Gasteiger partial charge in [-0.25, -0.2) is 14.4 Å². The second-order valence-corrected chi connectivity index (χ2v) is 10.7. The highest BCUT2D eigenvalue weighted by Gasteiger charge is 2.54. The number of likely N-dealkylation sites (tertiary alicyclic amines) is 2. The lowest BCUT2D eigenvalue weighted by Crippen LogP contribution is -2.65. The zero-order valence-corrected chi connectivity index (χ0v) is 21.2. The lowest BCUT2D eigenvalue weighted by molar-refractivity contribution is -0.155. The van der Waals surface area contributed by atoms with Crippen LogP contribution in [-0.4, -0.2) is 76.8 Å². The summed E-state index contributed by atoms with van der Waals surface area (Å²) in [5.74, 6) is 1.64. The number of carbonyl (C=O) groups is 1. The van der Waals surface area contributed by atoms with E-state index >= 15 is 0 Å². The molecule has 1 saturated carbocycles. The van der Waals surface area contributed by atoms with Crippen molar-refractivity contribution in [2.45, 2.75) is 37.6 Å². The zero-order valence-electron chi connectivity index (χ0n) is 21.2. The van der Waals surface area contributed by atoms with E-state index < -0.39 is 6.17 Å². The normalized spacial score (nSPS) is 22.8. The molecule has 1 unspecified atom stereocenters. The lowest BCUT2D eigenvalue weighted by Gasteiger charge is -2.58. The number of hydrogen-bond donors (Lipinski definition) is 1. The molecule has 2 aliphatic carbocycles. The van der Waals surface area contributed by atoms with Gasteiger partial charge >= 0.3 is 0 Å². The first-order valence-corrected chi connectivity index (χ1v) is 13.2. The van der Waals surface area contributed by atoms with Crippen LogP contribution >= 0.6 is 0 Å². The van der Waals surface area contributed by atoms with Crippen molar-refractivity contribution in [3.8, 4) is 22.8 Å². The van der Waals surface area contributed by atoms with Crippen LogP contribution < -0.4 is 15.2 Å². The third kappa shape index (κ3) is 5.15. The minimum atomic E-state index is -0.722. The summed E-state index contributed by atoms with van der Waals surface area (Å²) in [7, 11) is 0. The van der Waals surface area contributed by atoms with Gasteiger partial charge in [0.15, 0.2) is 0 Å². The fourth-order valence-corrected chi connectivity index (χ4v) is 5.65. The van der Waals surface area contributed by atoms with Crippen molar-refractivity contribution in [1.82, 2.24) is 19.8 Å². The number of nitrogen functional groups attached to an aromatic ring is 1. The fraction of sp³-hybridized carbons (Fsp3) is 0.414. The minimum absolute atomic E-state index is 0.0182. The summed E-state index contributed by atoms with van der Waals surface area (Å²) in [5, 5.41) is 0. The monoisotopic (exact) mass is 517 g/mol. The van der Waals surface area contributed by atoms with E-state index in [0.717, 1.165) is 43.7 Å². The molecule has 9 heteroatoms. The molecule has 198 valence electrons. The number of ether oxygens (including phenoxy) is 2. The number of halogens is 1. The lowest BCUT2D eigenvalue weighted by atomic mass is 9.61. The number of carbonyl (C=O) groups excluding carboxylic acids is 1. The molecule has 2 aliphatic heterocycles. The van der Waals surface area contributed by atoms with Crippen molar-refractivity contribution < 1.29 is 18.7 Å². The van der Waals surface area contributed by atoms with Gasteiger partial charge in [-0.3, -0.25) is 9.69 Å². The third-order valence-corrected chi connectivity index (χ3v) is 7.71. The molecular formula is C29H32FN5O3. The molecule has 1 spiro atoms. The number of alkyl halides is 1. The van der Waals surface area contributed by atoms with Gasteiger partial charge in [-0.1, -0.05) is 36.4 Å². The number of amides is 1. The fourth-order valence-electron chi connectivity index (χ4n) is 5.65. The summed E-state index contributed by atoms with van der Waals surface area (Å²) in [4.78, 5) is 24.8. The Kier molecular flexibility index (Phi) is 6.61. The van der Waals surface area contributed by atoms with Gasteiger partial charge in [0.2, 0.25) is 11.8 Å². The number of anilines is 1. The molecule has 4 aliphatic rings. The van der Waals surface area contributed by atoms with Gasteiger partial charge in [0, 0.05) is 50.6 Å². The SMILES string of the molecule is Nc1ncnc(OC2CC3(C2)CN(C(=O)/C=C/CN2CC(F)C2)C3)c1-c1ccc(OC2C=CC=CC2)cc1. The molecule has 3 heterocycles. The summed E-state index contributed by atoms with van der Waals surface area (Å²) < 4.78 is 25.2. The number of allylic oxidation sites excluding steroid dienone is 2. The van der Waals surface area contributed by atoms with Crippen molar-refractivity contribution in [1.29, 1.82) is 0 Å². The van der Waals surface area contributed by atoms with Crippen LogP contribution in [0.4, 0.5) is 10.2 Å². The third-order valence-electron chi connectivity index (χ3n) is 7.71. The molecule has 8 nitrogen and oxygen atoms in total.